The smallest absolute Gasteiger partial charge is 0.340 e. The average Bonchev–Trinajstić information content (AvgIpc) is 2.44. The number of halogens is 2. The molecule has 0 aromatic heterocycles. The molecule has 2 aromatic rings. The van der Waals surface area contributed by atoms with Crippen molar-refractivity contribution in [1.29, 1.82) is 0 Å². The molecule has 0 radical (unpaired) electrons. The van der Waals surface area contributed by atoms with Crippen molar-refractivity contribution in [3.8, 4) is 11.5 Å². The molecule has 0 saturated heterocycles. The largest absolute Gasteiger partial charge is 0.462 e. The fourth-order valence-corrected chi connectivity index (χ4v) is 2.12. The highest BCUT2D eigenvalue weighted by atomic mass is 35.5. The van der Waals surface area contributed by atoms with Gasteiger partial charge in [-0.05, 0) is 43.3 Å². The van der Waals surface area contributed by atoms with E-state index in [-0.39, 0.29) is 12.2 Å². The van der Waals surface area contributed by atoms with Gasteiger partial charge in [0.1, 0.15) is 11.5 Å². The van der Waals surface area contributed by atoms with E-state index in [1.807, 2.05) is 0 Å². The van der Waals surface area contributed by atoms with Crippen LogP contribution in [-0.2, 0) is 4.74 Å². The zero-order valence-electron chi connectivity index (χ0n) is 11.2. The Morgan fingerprint density at radius 3 is 2.62 bits per heavy atom. The van der Waals surface area contributed by atoms with Crippen LogP contribution in [0.2, 0.25) is 10.0 Å². The number of nitrogens with two attached hydrogens (primary N) is 1. The second-order valence-corrected chi connectivity index (χ2v) is 4.99. The standard InChI is InChI=1S/C15H13Cl2NO3/c1-2-20-15(19)11-8-10(4-5-13(11)18)21-14-6-3-9(16)7-12(14)17/h3-8H,2,18H2,1H3. The summed E-state index contributed by atoms with van der Waals surface area (Å²) in [5, 5.41) is 0.883. The van der Waals surface area contributed by atoms with Gasteiger partial charge in [0.2, 0.25) is 0 Å². The molecule has 4 nitrogen and oxygen atoms in total. The molecule has 110 valence electrons. The summed E-state index contributed by atoms with van der Waals surface area (Å²) in [6.07, 6.45) is 0. The van der Waals surface area contributed by atoms with Gasteiger partial charge in [-0.15, -0.1) is 0 Å². The molecule has 0 unspecified atom stereocenters. The highest BCUT2D eigenvalue weighted by Gasteiger charge is 2.13. The summed E-state index contributed by atoms with van der Waals surface area (Å²) in [7, 11) is 0. The van der Waals surface area contributed by atoms with Crippen molar-refractivity contribution in [3.05, 3.63) is 52.0 Å². The Hall–Kier alpha value is -1.91. The van der Waals surface area contributed by atoms with E-state index in [2.05, 4.69) is 0 Å². The fourth-order valence-electron chi connectivity index (χ4n) is 1.67. The Kier molecular flexibility index (Phi) is 4.94. The third-order valence-corrected chi connectivity index (χ3v) is 3.17. The second-order valence-electron chi connectivity index (χ2n) is 4.15. The van der Waals surface area contributed by atoms with Crippen molar-refractivity contribution in [3.63, 3.8) is 0 Å². The zero-order valence-corrected chi connectivity index (χ0v) is 12.7. The number of anilines is 1. The maximum absolute atomic E-state index is 11.8. The van der Waals surface area contributed by atoms with Crippen LogP contribution in [0.4, 0.5) is 5.69 Å². The molecular formula is C15H13Cl2NO3. The van der Waals surface area contributed by atoms with Crippen LogP contribution in [0.5, 0.6) is 11.5 Å². The number of carbonyl (C=O) groups is 1. The van der Waals surface area contributed by atoms with Crippen LogP contribution < -0.4 is 10.5 Å². The molecule has 0 heterocycles. The van der Waals surface area contributed by atoms with E-state index < -0.39 is 5.97 Å². The predicted molar refractivity (Wildman–Crippen MR) is 83.3 cm³/mol. The molecule has 2 aromatic carbocycles. The minimum absolute atomic E-state index is 0.249. The number of benzene rings is 2. The average molecular weight is 326 g/mol. The first-order valence-electron chi connectivity index (χ1n) is 6.20. The van der Waals surface area contributed by atoms with E-state index >= 15 is 0 Å². The molecule has 2 N–H and O–H groups in total. The van der Waals surface area contributed by atoms with Gasteiger partial charge in [0.05, 0.1) is 17.2 Å². The van der Waals surface area contributed by atoms with Crippen molar-refractivity contribution < 1.29 is 14.3 Å². The minimum Gasteiger partial charge on any atom is -0.462 e. The molecule has 0 aliphatic heterocycles. The Labute approximate surface area is 132 Å². The first-order chi connectivity index (χ1) is 10.0. The lowest BCUT2D eigenvalue weighted by Crippen LogP contribution is -2.08. The van der Waals surface area contributed by atoms with Gasteiger partial charge in [-0.25, -0.2) is 4.79 Å². The van der Waals surface area contributed by atoms with E-state index in [0.29, 0.717) is 27.2 Å². The number of carbonyl (C=O) groups excluding carboxylic acids is 1. The number of esters is 1. The minimum atomic E-state index is -0.498. The van der Waals surface area contributed by atoms with Gasteiger partial charge >= 0.3 is 5.97 Å². The van der Waals surface area contributed by atoms with Gasteiger partial charge in [-0.1, -0.05) is 23.2 Å². The Balaban J connectivity index is 2.28. The molecule has 2 rings (SSSR count). The van der Waals surface area contributed by atoms with Gasteiger partial charge in [0.15, 0.2) is 0 Å². The summed E-state index contributed by atoms with van der Waals surface area (Å²) in [5.74, 6) is 0.361. The Morgan fingerprint density at radius 2 is 1.95 bits per heavy atom. The maximum Gasteiger partial charge on any atom is 0.340 e. The van der Waals surface area contributed by atoms with Crippen molar-refractivity contribution >= 4 is 34.9 Å². The number of rotatable bonds is 4. The summed E-state index contributed by atoms with van der Waals surface area (Å²) in [4.78, 5) is 11.8. The molecular weight excluding hydrogens is 313 g/mol. The van der Waals surface area contributed by atoms with Crippen molar-refractivity contribution in [2.24, 2.45) is 0 Å². The first kappa shape index (κ1) is 15.5. The van der Waals surface area contributed by atoms with E-state index in [1.165, 1.54) is 6.07 Å². The van der Waals surface area contributed by atoms with Gasteiger partial charge in [0, 0.05) is 10.7 Å². The van der Waals surface area contributed by atoms with Crippen LogP contribution in [0.1, 0.15) is 17.3 Å². The Morgan fingerprint density at radius 1 is 1.19 bits per heavy atom. The molecule has 0 aliphatic carbocycles. The maximum atomic E-state index is 11.8. The third-order valence-electron chi connectivity index (χ3n) is 2.64. The van der Waals surface area contributed by atoms with Crippen LogP contribution in [0, 0.1) is 0 Å². The lowest BCUT2D eigenvalue weighted by Gasteiger charge is -2.10. The summed E-state index contributed by atoms with van der Waals surface area (Å²) >= 11 is 11.9. The number of hydrogen-bond donors (Lipinski definition) is 1. The van der Waals surface area contributed by atoms with E-state index in [0.717, 1.165) is 0 Å². The molecule has 0 spiro atoms. The van der Waals surface area contributed by atoms with Gasteiger partial charge < -0.3 is 15.2 Å². The van der Waals surface area contributed by atoms with Crippen LogP contribution >= 0.6 is 23.2 Å². The van der Waals surface area contributed by atoms with Gasteiger partial charge in [0.25, 0.3) is 0 Å². The number of hydrogen-bond acceptors (Lipinski definition) is 4. The first-order valence-corrected chi connectivity index (χ1v) is 6.96. The second kappa shape index (κ2) is 6.70. The number of ether oxygens (including phenoxy) is 2. The summed E-state index contributed by atoms with van der Waals surface area (Å²) in [6, 6.07) is 9.60. The lowest BCUT2D eigenvalue weighted by molar-refractivity contribution is 0.0527. The third kappa shape index (κ3) is 3.80. The molecule has 0 atom stereocenters. The molecule has 0 aliphatic rings. The Bertz CT molecular complexity index is 674. The predicted octanol–water partition coefficient (Wildman–Crippen LogP) is 4.54. The monoisotopic (exact) mass is 325 g/mol. The molecule has 0 saturated carbocycles. The van der Waals surface area contributed by atoms with Crippen LogP contribution in [0.25, 0.3) is 0 Å². The zero-order chi connectivity index (χ0) is 15.4. The SMILES string of the molecule is CCOC(=O)c1cc(Oc2ccc(Cl)cc2Cl)ccc1N. The van der Waals surface area contributed by atoms with Crippen LogP contribution in [0.3, 0.4) is 0 Å². The molecule has 6 heteroatoms. The quantitative estimate of drug-likeness (QED) is 0.662. The summed E-state index contributed by atoms with van der Waals surface area (Å²) in [5.41, 5.74) is 6.34. The molecule has 0 bridgehead atoms. The normalized spacial score (nSPS) is 10.2. The molecule has 0 amide bonds. The van der Waals surface area contributed by atoms with E-state index in [9.17, 15) is 4.79 Å². The van der Waals surface area contributed by atoms with Gasteiger partial charge in [-0.2, -0.15) is 0 Å². The highest BCUT2D eigenvalue weighted by molar-refractivity contribution is 6.35. The van der Waals surface area contributed by atoms with Crippen molar-refractivity contribution in [2.75, 3.05) is 12.3 Å². The molecule has 0 fully saturated rings. The topological polar surface area (TPSA) is 61.5 Å². The summed E-state index contributed by atoms with van der Waals surface area (Å²) < 4.78 is 10.6. The molecule has 21 heavy (non-hydrogen) atoms. The number of nitrogen functional groups attached to an aromatic ring is 1. The van der Waals surface area contributed by atoms with E-state index in [1.54, 1.807) is 37.3 Å². The summed E-state index contributed by atoms with van der Waals surface area (Å²) in [6.45, 7) is 1.99. The van der Waals surface area contributed by atoms with Crippen molar-refractivity contribution in [1.82, 2.24) is 0 Å². The van der Waals surface area contributed by atoms with Crippen LogP contribution in [0.15, 0.2) is 36.4 Å². The van der Waals surface area contributed by atoms with Crippen molar-refractivity contribution in [2.45, 2.75) is 6.92 Å². The van der Waals surface area contributed by atoms with Crippen LogP contribution in [-0.4, -0.2) is 12.6 Å². The lowest BCUT2D eigenvalue weighted by atomic mass is 10.1. The fraction of sp³-hybridized carbons (Fsp3) is 0.133. The van der Waals surface area contributed by atoms with Gasteiger partial charge in [-0.3, -0.25) is 0 Å². The van der Waals surface area contributed by atoms with E-state index in [4.69, 9.17) is 38.4 Å². The highest BCUT2D eigenvalue weighted by Crippen LogP contribution is 2.32.